The van der Waals surface area contributed by atoms with Gasteiger partial charge in [-0.1, -0.05) is 12.2 Å². The van der Waals surface area contributed by atoms with Crippen molar-refractivity contribution in [3.63, 3.8) is 0 Å². The number of aliphatic hydroxyl groups excluding tert-OH is 1. The van der Waals surface area contributed by atoms with Crippen LogP contribution in [0, 0.1) is 0 Å². The average molecular weight is 250 g/mol. The Morgan fingerprint density at radius 1 is 1.28 bits per heavy atom. The summed E-state index contributed by atoms with van der Waals surface area (Å²) in [6.45, 7) is 0.211. The van der Waals surface area contributed by atoms with E-state index in [4.69, 9.17) is 5.11 Å². The number of hydrogen-bond acceptors (Lipinski definition) is 5. The predicted octanol–water partition coefficient (Wildman–Crippen LogP) is 1.64. The molecule has 0 atom stereocenters. The molecule has 0 spiro atoms. The first-order valence-electron chi connectivity index (χ1n) is 5.87. The van der Waals surface area contributed by atoms with E-state index in [0.717, 1.165) is 24.2 Å². The Morgan fingerprint density at radius 2 is 1.89 bits per heavy atom. The fourth-order valence-electron chi connectivity index (χ4n) is 1.44. The third-order valence-electron chi connectivity index (χ3n) is 2.35. The minimum Gasteiger partial charge on any atom is -0.469 e. The second-order valence-electron chi connectivity index (χ2n) is 3.71. The summed E-state index contributed by atoms with van der Waals surface area (Å²) in [4.78, 5) is 18.6. The summed E-state index contributed by atoms with van der Waals surface area (Å²) < 4.78 is 4.46. The summed E-state index contributed by atoms with van der Waals surface area (Å²) in [6, 6.07) is 0. The zero-order valence-electron chi connectivity index (χ0n) is 10.5. The second-order valence-corrected chi connectivity index (χ2v) is 3.71. The highest BCUT2D eigenvalue weighted by Gasteiger charge is 2.05. The maximum absolute atomic E-state index is 10.6. The Kier molecular flexibility index (Phi) is 6.64. The van der Waals surface area contributed by atoms with Crippen molar-refractivity contribution in [3.05, 3.63) is 23.5 Å². The van der Waals surface area contributed by atoms with E-state index in [1.807, 2.05) is 18.4 Å². The van der Waals surface area contributed by atoms with Gasteiger partial charge in [0.2, 0.25) is 0 Å². The molecular formula is C13H18N2O3. The quantitative estimate of drug-likeness (QED) is 0.771. The van der Waals surface area contributed by atoms with Crippen molar-refractivity contribution in [1.29, 1.82) is 0 Å². The van der Waals surface area contributed by atoms with E-state index in [1.54, 1.807) is 6.21 Å². The van der Waals surface area contributed by atoms with E-state index in [0.29, 0.717) is 12.8 Å². The topological polar surface area (TPSA) is 71.2 Å². The van der Waals surface area contributed by atoms with Gasteiger partial charge >= 0.3 is 5.97 Å². The molecule has 0 aromatic heterocycles. The number of carbonyl (C=O) groups is 1. The van der Waals surface area contributed by atoms with Crippen LogP contribution in [0.25, 0.3) is 0 Å². The van der Waals surface area contributed by atoms with E-state index in [-0.39, 0.29) is 12.6 Å². The molecule has 0 saturated heterocycles. The normalized spacial score (nSPS) is 15.9. The van der Waals surface area contributed by atoms with Crippen molar-refractivity contribution < 1.29 is 14.6 Å². The van der Waals surface area contributed by atoms with Crippen LogP contribution in [0.15, 0.2) is 33.5 Å². The van der Waals surface area contributed by atoms with Crippen molar-refractivity contribution >= 4 is 18.4 Å². The Hall–Kier alpha value is -1.75. The van der Waals surface area contributed by atoms with Crippen LogP contribution in [-0.4, -0.2) is 37.2 Å². The second kappa shape index (κ2) is 8.36. The molecule has 0 aliphatic carbocycles. The summed E-state index contributed by atoms with van der Waals surface area (Å²) in [5.74, 6) is -0.231. The van der Waals surface area contributed by atoms with E-state index < -0.39 is 0 Å². The lowest BCUT2D eigenvalue weighted by molar-refractivity contribution is -0.139. The molecule has 5 nitrogen and oxygen atoms in total. The number of ether oxygens (including phenoxy) is 1. The Morgan fingerprint density at radius 3 is 2.33 bits per heavy atom. The molecule has 0 aromatic rings. The van der Waals surface area contributed by atoms with Crippen LogP contribution in [0.5, 0.6) is 0 Å². The zero-order chi connectivity index (χ0) is 13.2. The van der Waals surface area contributed by atoms with Crippen molar-refractivity contribution in [3.8, 4) is 0 Å². The number of allylic oxidation sites excluding steroid dienone is 2. The van der Waals surface area contributed by atoms with Crippen molar-refractivity contribution in [2.45, 2.75) is 25.7 Å². The molecule has 0 fully saturated rings. The summed E-state index contributed by atoms with van der Waals surface area (Å²) in [7, 11) is 1.38. The van der Waals surface area contributed by atoms with Crippen LogP contribution in [0.1, 0.15) is 25.7 Å². The van der Waals surface area contributed by atoms with Gasteiger partial charge in [0.1, 0.15) is 0 Å². The molecule has 98 valence electrons. The molecule has 5 heteroatoms. The lowest BCUT2D eigenvalue weighted by Gasteiger charge is -1.95. The number of nitrogens with zero attached hydrogens (tertiary/aromatic N) is 2. The molecule has 2 heterocycles. The monoisotopic (exact) mass is 250 g/mol. The van der Waals surface area contributed by atoms with Crippen LogP contribution in [0.3, 0.4) is 0 Å². The van der Waals surface area contributed by atoms with Gasteiger partial charge in [-0.2, -0.15) is 0 Å². The Bertz CT molecular complexity index is 395. The molecule has 1 N–H and O–H groups in total. The largest absolute Gasteiger partial charge is 0.469 e. The van der Waals surface area contributed by atoms with Gasteiger partial charge in [0.15, 0.2) is 0 Å². The van der Waals surface area contributed by atoms with Gasteiger partial charge < -0.3 is 9.84 Å². The van der Waals surface area contributed by atoms with E-state index >= 15 is 0 Å². The smallest absolute Gasteiger partial charge is 0.311 e. The maximum atomic E-state index is 10.6. The first-order chi connectivity index (χ1) is 8.76. The van der Waals surface area contributed by atoms with Gasteiger partial charge in [-0.25, -0.2) is 0 Å². The first-order valence-corrected chi connectivity index (χ1v) is 5.87. The van der Waals surface area contributed by atoms with Crippen molar-refractivity contribution in [2.75, 3.05) is 13.7 Å². The fraction of sp³-hybridized carbons (Fsp3) is 0.462. The molecule has 0 bridgehead atoms. The number of methoxy groups -OCH3 is 1. The van der Waals surface area contributed by atoms with Gasteiger partial charge in [0.25, 0.3) is 0 Å². The minimum absolute atomic E-state index is 0.211. The van der Waals surface area contributed by atoms with Gasteiger partial charge in [-0.3, -0.25) is 14.8 Å². The first kappa shape index (κ1) is 14.3. The molecule has 0 unspecified atom stereocenters. The third-order valence-corrected chi connectivity index (χ3v) is 2.35. The average Bonchev–Trinajstić information content (AvgIpc) is 3.03. The number of hydrogen-bond donors (Lipinski definition) is 1. The highest BCUT2D eigenvalue weighted by molar-refractivity contribution is 5.75. The molecule has 2 aliphatic heterocycles. The molecule has 2 rings (SSSR count). The number of esters is 1. The van der Waals surface area contributed by atoms with E-state index in [9.17, 15) is 4.79 Å². The highest BCUT2D eigenvalue weighted by atomic mass is 16.5. The lowest BCUT2D eigenvalue weighted by Crippen LogP contribution is -1.99. The predicted molar refractivity (Wildman–Crippen MR) is 70.7 cm³/mol. The van der Waals surface area contributed by atoms with Crippen LogP contribution in [0.4, 0.5) is 0 Å². The zero-order valence-corrected chi connectivity index (χ0v) is 10.5. The number of carbonyl (C=O) groups excluding carboxylic acids is 1. The minimum atomic E-state index is -0.231. The summed E-state index contributed by atoms with van der Waals surface area (Å²) in [5, 5.41) is 8.41. The standard InChI is InChI=1S/C7H9NO2.C6H9NO/c1-10-7(9)5-6-3-2-4-8-6;8-5-3-6-2-1-4-7-6/h3-4H,2,5H2,1H3;2,4,8H,1,3,5H2. The van der Waals surface area contributed by atoms with Crippen molar-refractivity contribution in [2.24, 2.45) is 9.98 Å². The SMILES string of the molecule is COC(=O)CC1=CCC=N1.OCCC1=CCC=N1. The van der Waals surface area contributed by atoms with Gasteiger partial charge in [0.05, 0.1) is 13.5 Å². The van der Waals surface area contributed by atoms with E-state index in [1.165, 1.54) is 7.11 Å². The Balaban J connectivity index is 0.000000184. The van der Waals surface area contributed by atoms with Crippen LogP contribution >= 0.6 is 0 Å². The number of aliphatic hydroxyl groups is 1. The highest BCUT2D eigenvalue weighted by Crippen LogP contribution is 2.09. The van der Waals surface area contributed by atoms with Crippen molar-refractivity contribution in [1.82, 2.24) is 0 Å². The summed E-state index contributed by atoms with van der Waals surface area (Å²) in [5.41, 5.74) is 1.83. The van der Waals surface area contributed by atoms with Gasteiger partial charge in [-0.05, 0) is 0 Å². The molecule has 2 aliphatic rings. The maximum Gasteiger partial charge on any atom is 0.311 e. The van der Waals surface area contributed by atoms with Gasteiger partial charge in [0, 0.05) is 49.7 Å². The van der Waals surface area contributed by atoms with Crippen LogP contribution in [0.2, 0.25) is 0 Å². The number of aliphatic imine (C=N–C) groups is 2. The molecule has 0 radical (unpaired) electrons. The molecule has 0 aromatic carbocycles. The lowest BCUT2D eigenvalue weighted by atomic mass is 10.3. The third kappa shape index (κ3) is 5.54. The van der Waals surface area contributed by atoms with Gasteiger partial charge in [-0.15, -0.1) is 0 Å². The fourth-order valence-corrected chi connectivity index (χ4v) is 1.44. The van der Waals surface area contributed by atoms with Crippen LogP contribution < -0.4 is 0 Å². The molecule has 0 amide bonds. The summed E-state index contributed by atoms with van der Waals surface area (Å²) >= 11 is 0. The molecule has 18 heavy (non-hydrogen) atoms. The molecule has 0 saturated carbocycles. The molecular weight excluding hydrogens is 232 g/mol. The van der Waals surface area contributed by atoms with Crippen LogP contribution in [-0.2, 0) is 9.53 Å². The van der Waals surface area contributed by atoms with E-state index in [2.05, 4.69) is 14.7 Å². The number of rotatable bonds is 4. The Labute approximate surface area is 107 Å². The summed E-state index contributed by atoms with van der Waals surface area (Å²) in [6.07, 6.45) is 10.3.